The Balaban J connectivity index is 1.84. The van der Waals surface area contributed by atoms with Gasteiger partial charge in [-0.15, -0.1) is 0 Å². The molecule has 6 heteroatoms. The maximum absolute atomic E-state index is 11.1. The zero-order valence-electron chi connectivity index (χ0n) is 10.8. The molecule has 2 aromatic heterocycles. The molecule has 0 N–H and O–H groups in total. The summed E-state index contributed by atoms with van der Waals surface area (Å²) in [5.74, 6) is 1.01. The van der Waals surface area contributed by atoms with Crippen LogP contribution in [0.25, 0.3) is 22.4 Å². The quantitative estimate of drug-likeness (QED) is 0.679. The van der Waals surface area contributed by atoms with Crippen LogP contribution < -0.4 is 0 Å². The number of aromatic nitrogens is 2. The fourth-order valence-electron chi connectivity index (χ4n) is 1.93. The van der Waals surface area contributed by atoms with Crippen LogP contribution >= 0.6 is 0 Å². The first kappa shape index (κ1) is 12.4. The number of aryl methyl sites for hydroxylation is 1. The Labute approximate surface area is 114 Å². The monoisotopic (exact) mass is 272 g/mol. The molecule has 0 amide bonds. The largest absolute Gasteiger partial charge is 0.469 e. The van der Waals surface area contributed by atoms with Gasteiger partial charge in [0.2, 0.25) is 11.7 Å². The van der Waals surface area contributed by atoms with Gasteiger partial charge in [0, 0.05) is 17.2 Å². The molecule has 6 nitrogen and oxygen atoms in total. The first-order valence-corrected chi connectivity index (χ1v) is 6.14. The lowest BCUT2D eigenvalue weighted by Crippen LogP contribution is -2.01. The lowest BCUT2D eigenvalue weighted by Gasteiger charge is -1.93. The van der Waals surface area contributed by atoms with Crippen LogP contribution in [0, 0.1) is 0 Å². The Morgan fingerprint density at radius 1 is 1.35 bits per heavy atom. The SMILES string of the molecule is COC(=O)CCc1nc(-c2occ3ccccc23)no1. The van der Waals surface area contributed by atoms with Crippen LogP contribution in [-0.2, 0) is 16.0 Å². The molecule has 0 aliphatic carbocycles. The lowest BCUT2D eigenvalue weighted by atomic mass is 10.2. The molecule has 0 saturated heterocycles. The van der Waals surface area contributed by atoms with Gasteiger partial charge in [-0.25, -0.2) is 0 Å². The summed E-state index contributed by atoms with van der Waals surface area (Å²) in [6.07, 6.45) is 2.20. The zero-order chi connectivity index (χ0) is 13.9. The van der Waals surface area contributed by atoms with E-state index in [1.54, 1.807) is 6.26 Å². The van der Waals surface area contributed by atoms with Gasteiger partial charge in [0.15, 0.2) is 5.76 Å². The number of rotatable bonds is 4. The van der Waals surface area contributed by atoms with Crippen molar-refractivity contribution in [1.29, 1.82) is 0 Å². The standard InChI is InChI=1S/C14H12N2O4/c1-18-12(17)7-6-11-15-14(16-20-11)13-10-5-3-2-4-9(10)8-19-13/h2-5,8H,6-7H2,1H3. The summed E-state index contributed by atoms with van der Waals surface area (Å²) in [4.78, 5) is 15.3. The minimum atomic E-state index is -0.312. The number of fused-ring (bicyclic) bond motifs is 1. The number of methoxy groups -OCH3 is 1. The van der Waals surface area contributed by atoms with E-state index in [0.717, 1.165) is 10.8 Å². The van der Waals surface area contributed by atoms with Crippen molar-refractivity contribution in [3.8, 4) is 11.6 Å². The second-order valence-electron chi connectivity index (χ2n) is 4.24. The molecular weight excluding hydrogens is 260 g/mol. The van der Waals surface area contributed by atoms with E-state index in [1.165, 1.54) is 7.11 Å². The van der Waals surface area contributed by atoms with E-state index in [-0.39, 0.29) is 12.4 Å². The van der Waals surface area contributed by atoms with Gasteiger partial charge in [-0.1, -0.05) is 29.4 Å². The highest BCUT2D eigenvalue weighted by Gasteiger charge is 2.15. The molecule has 0 spiro atoms. The summed E-state index contributed by atoms with van der Waals surface area (Å²) in [5.41, 5.74) is 0. The number of nitrogens with zero attached hydrogens (tertiary/aromatic N) is 2. The topological polar surface area (TPSA) is 78.4 Å². The van der Waals surface area contributed by atoms with E-state index in [1.807, 2.05) is 24.3 Å². The van der Waals surface area contributed by atoms with Gasteiger partial charge in [0.05, 0.1) is 19.8 Å². The van der Waals surface area contributed by atoms with E-state index >= 15 is 0 Å². The molecule has 0 unspecified atom stereocenters. The molecule has 2 heterocycles. The van der Waals surface area contributed by atoms with Gasteiger partial charge in [0.1, 0.15) is 0 Å². The predicted octanol–water partition coefficient (Wildman–Crippen LogP) is 2.59. The van der Waals surface area contributed by atoms with E-state index in [9.17, 15) is 4.79 Å². The fourth-order valence-corrected chi connectivity index (χ4v) is 1.93. The number of furan rings is 1. The minimum absolute atomic E-state index is 0.205. The first-order valence-electron chi connectivity index (χ1n) is 6.14. The van der Waals surface area contributed by atoms with Crippen molar-refractivity contribution in [2.24, 2.45) is 0 Å². The summed E-state index contributed by atoms with van der Waals surface area (Å²) in [5, 5.41) is 5.78. The number of hydrogen-bond donors (Lipinski definition) is 0. The normalized spacial score (nSPS) is 10.8. The van der Waals surface area contributed by atoms with Crippen molar-refractivity contribution in [1.82, 2.24) is 10.1 Å². The van der Waals surface area contributed by atoms with Crippen LogP contribution in [0.2, 0.25) is 0 Å². The van der Waals surface area contributed by atoms with Gasteiger partial charge in [0.25, 0.3) is 0 Å². The molecule has 20 heavy (non-hydrogen) atoms. The summed E-state index contributed by atoms with van der Waals surface area (Å²) >= 11 is 0. The second-order valence-corrected chi connectivity index (χ2v) is 4.24. The highest BCUT2D eigenvalue weighted by atomic mass is 16.5. The van der Waals surface area contributed by atoms with Gasteiger partial charge < -0.3 is 13.7 Å². The molecule has 0 saturated carbocycles. The van der Waals surface area contributed by atoms with E-state index < -0.39 is 0 Å². The molecule has 3 aromatic rings. The highest BCUT2D eigenvalue weighted by Crippen LogP contribution is 2.28. The van der Waals surface area contributed by atoms with E-state index in [4.69, 9.17) is 8.94 Å². The predicted molar refractivity (Wildman–Crippen MR) is 69.8 cm³/mol. The Bertz CT molecular complexity index is 744. The molecular formula is C14H12N2O4. The summed E-state index contributed by atoms with van der Waals surface area (Å²) in [6.45, 7) is 0. The Kier molecular flexibility index (Phi) is 3.20. The van der Waals surface area contributed by atoms with Gasteiger partial charge in [-0.05, 0) is 0 Å². The molecule has 0 aliphatic rings. The Morgan fingerprint density at radius 2 is 2.20 bits per heavy atom. The number of carbonyl (C=O) groups excluding carboxylic acids is 1. The van der Waals surface area contributed by atoms with Crippen LogP contribution in [0.4, 0.5) is 0 Å². The lowest BCUT2D eigenvalue weighted by molar-refractivity contribution is -0.140. The second kappa shape index (κ2) is 5.16. The van der Waals surface area contributed by atoms with Crippen LogP contribution in [0.15, 0.2) is 39.5 Å². The Morgan fingerprint density at radius 3 is 3.05 bits per heavy atom. The molecule has 102 valence electrons. The fraction of sp³-hybridized carbons (Fsp3) is 0.214. The van der Waals surface area contributed by atoms with Crippen LogP contribution in [0.3, 0.4) is 0 Å². The van der Waals surface area contributed by atoms with Crippen LogP contribution in [0.5, 0.6) is 0 Å². The third-order valence-electron chi connectivity index (χ3n) is 2.95. The number of esters is 1. The molecule has 1 aromatic carbocycles. The van der Waals surface area contributed by atoms with Crippen molar-refractivity contribution in [3.05, 3.63) is 36.4 Å². The van der Waals surface area contributed by atoms with Crippen molar-refractivity contribution < 1.29 is 18.5 Å². The number of hydrogen-bond acceptors (Lipinski definition) is 6. The third kappa shape index (κ3) is 2.27. The van der Waals surface area contributed by atoms with Crippen LogP contribution in [-0.4, -0.2) is 23.2 Å². The van der Waals surface area contributed by atoms with Crippen molar-refractivity contribution in [2.45, 2.75) is 12.8 Å². The van der Waals surface area contributed by atoms with Crippen molar-refractivity contribution in [2.75, 3.05) is 7.11 Å². The van der Waals surface area contributed by atoms with Gasteiger partial charge in [-0.3, -0.25) is 4.79 Å². The van der Waals surface area contributed by atoms with E-state index in [2.05, 4.69) is 14.9 Å². The summed E-state index contributed by atoms with van der Waals surface area (Å²) in [7, 11) is 1.34. The van der Waals surface area contributed by atoms with Crippen molar-refractivity contribution in [3.63, 3.8) is 0 Å². The van der Waals surface area contributed by atoms with Gasteiger partial charge in [-0.2, -0.15) is 4.98 Å². The smallest absolute Gasteiger partial charge is 0.306 e. The zero-order valence-corrected chi connectivity index (χ0v) is 10.8. The van der Waals surface area contributed by atoms with Crippen LogP contribution in [0.1, 0.15) is 12.3 Å². The number of ether oxygens (including phenoxy) is 1. The Hall–Kier alpha value is -2.63. The average molecular weight is 272 g/mol. The molecule has 0 fully saturated rings. The molecule has 0 atom stereocenters. The number of carbonyl (C=O) groups is 1. The maximum Gasteiger partial charge on any atom is 0.306 e. The highest BCUT2D eigenvalue weighted by molar-refractivity contribution is 5.92. The molecule has 0 radical (unpaired) electrons. The molecule has 0 bridgehead atoms. The van der Waals surface area contributed by atoms with Gasteiger partial charge >= 0.3 is 5.97 Å². The average Bonchev–Trinajstić information content (AvgIpc) is 3.10. The van der Waals surface area contributed by atoms with E-state index in [0.29, 0.717) is 23.9 Å². The molecule has 0 aliphatic heterocycles. The maximum atomic E-state index is 11.1. The first-order chi connectivity index (χ1) is 9.78. The van der Waals surface area contributed by atoms with Crippen molar-refractivity contribution >= 4 is 16.7 Å². The third-order valence-corrected chi connectivity index (χ3v) is 2.95. The molecule has 3 rings (SSSR count). The number of benzene rings is 1. The minimum Gasteiger partial charge on any atom is -0.469 e. The summed E-state index contributed by atoms with van der Waals surface area (Å²) in [6, 6.07) is 7.72. The summed E-state index contributed by atoms with van der Waals surface area (Å²) < 4.78 is 15.1.